The fraction of sp³-hybridized carbons (Fsp3) is 0.400. The number of halogens is 2. The number of benzene rings is 2. The fourth-order valence-electron chi connectivity index (χ4n) is 4.10. The molecule has 8 nitrogen and oxygen atoms in total. The maximum atomic E-state index is 13.4. The van der Waals surface area contributed by atoms with E-state index in [-0.39, 0.29) is 54.2 Å². The first-order valence-corrected chi connectivity index (χ1v) is 13.9. The summed E-state index contributed by atoms with van der Waals surface area (Å²) in [5, 5.41) is 3.56. The SMILES string of the molecule is CC[C@@H](C(=O)NC(C)C)N(Cc1ccc(Cl)c(Cl)c1)C(=O)CCCN1C(=O)c2ccccc2S1(=O)=O. The van der Waals surface area contributed by atoms with Crippen LogP contribution in [0, 0.1) is 0 Å². The molecule has 0 spiro atoms. The van der Waals surface area contributed by atoms with Crippen molar-refractivity contribution in [1.82, 2.24) is 14.5 Å². The lowest BCUT2D eigenvalue weighted by atomic mass is 10.1. The van der Waals surface area contributed by atoms with Crippen molar-refractivity contribution in [1.29, 1.82) is 0 Å². The molecule has 0 aliphatic carbocycles. The van der Waals surface area contributed by atoms with E-state index in [0.29, 0.717) is 22.0 Å². The van der Waals surface area contributed by atoms with Crippen molar-refractivity contribution in [3.8, 4) is 0 Å². The molecular weight excluding hydrogens is 525 g/mol. The van der Waals surface area contributed by atoms with Crippen LogP contribution in [-0.4, -0.2) is 54.0 Å². The first kappa shape index (κ1) is 28.0. The summed E-state index contributed by atoms with van der Waals surface area (Å²) in [6.07, 6.45) is 0.431. The Labute approximate surface area is 221 Å². The van der Waals surface area contributed by atoms with E-state index in [9.17, 15) is 22.8 Å². The van der Waals surface area contributed by atoms with Crippen LogP contribution in [0.2, 0.25) is 10.0 Å². The lowest BCUT2D eigenvalue weighted by molar-refractivity contribution is -0.141. The highest BCUT2D eigenvalue weighted by atomic mass is 35.5. The van der Waals surface area contributed by atoms with Gasteiger partial charge in [-0.05, 0) is 56.5 Å². The van der Waals surface area contributed by atoms with Crippen molar-refractivity contribution in [3.63, 3.8) is 0 Å². The number of hydrogen-bond donors (Lipinski definition) is 1. The fourth-order valence-corrected chi connectivity index (χ4v) is 6.03. The summed E-state index contributed by atoms with van der Waals surface area (Å²) < 4.78 is 26.4. The Hall–Kier alpha value is -2.62. The number of amides is 3. The average molecular weight is 554 g/mol. The minimum atomic E-state index is -3.95. The van der Waals surface area contributed by atoms with Gasteiger partial charge in [0.25, 0.3) is 15.9 Å². The van der Waals surface area contributed by atoms with Gasteiger partial charge in [-0.2, -0.15) is 0 Å². The maximum absolute atomic E-state index is 13.4. The number of carbonyl (C=O) groups excluding carboxylic acids is 3. The van der Waals surface area contributed by atoms with E-state index in [4.69, 9.17) is 23.2 Å². The minimum absolute atomic E-state index is 0.0287. The Morgan fingerprint density at radius 3 is 2.39 bits per heavy atom. The molecule has 1 atom stereocenters. The number of sulfonamides is 1. The summed E-state index contributed by atoms with van der Waals surface area (Å²) in [4.78, 5) is 40.3. The predicted octanol–water partition coefficient (Wildman–Crippen LogP) is 4.25. The quantitative estimate of drug-likeness (QED) is 0.473. The van der Waals surface area contributed by atoms with Crippen LogP contribution in [-0.2, 0) is 26.2 Å². The third kappa shape index (κ3) is 6.02. The highest BCUT2D eigenvalue weighted by Crippen LogP contribution is 2.30. The molecule has 0 bridgehead atoms. The van der Waals surface area contributed by atoms with Gasteiger partial charge in [-0.3, -0.25) is 14.4 Å². The average Bonchev–Trinajstić information content (AvgIpc) is 3.01. The van der Waals surface area contributed by atoms with Crippen LogP contribution >= 0.6 is 23.2 Å². The largest absolute Gasteiger partial charge is 0.352 e. The summed E-state index contributed by atoms with van der Waals surface area (Å²) >= 11 is 12.2. The van der Waals surface area contributed by atoms with Crippen molar-refractivity contribution < 1.29 is 22.8 Å². The van der Waals surface area contributed by atoms with Crippen molar-refractivity contribution in [2.24, 2.45) is 0 Å². The molecule has 0 saturated heterocycles. The predicted molar refractivity (Wildman–Crippen MR) is 138 cm³/mol. The lowest BCUT2D eigenvalue weighted by Crippen LogP contribution is -2.50. The van der Waals surface area contributed by atoms with Gasteiger partial charge in [-0.1, -0.05) is 48.3 Å². The summed E-state index contributed by atoms with van der Waals surface area (Å²) in [6.45, 7) is 5.46. The monoisotopic (exact) mass is 553 g/mol. The summed E-state index contributed by atoms with van der Waals surface area (Å²) in [6, 6.07) is 10.2. The highest BCUT2D eigenvalue weighted by molar-refractivity contribution is 7.90. The standard InChI is InChI=1S/C25H29Cl2N3O5S/c1-4-21(24(32)28-16(2)3)29(15-17-11-12-19(26)20(27)14-17)23(31)10-7-13-30-25(33)18-8-5-6-9-22(18)36(30,34)35/h5-6,8-9,11-12,14,16,21H,4,7,10,13,15H2,1-3H3,(H,28,32)/t21-/m0/s1. The second-order valence-electron chi connectivity index (χ2n) is 8.84. The topological polar surface area (TPSA) is 104 Å². The molecule has 2 aromatic carbocycles. The molecule has 1 heterocycles. The normalized spacial score (nSPS) is 15.1. The molecule has 1 aliphatic rings. The van der Waals surface area contributed by atoms with Gasteiger partial charge < -0.3 is 10.2 Å². The molecule has 1 aliphatic heterocycles. The number of nitrogens with one attached hydrogen (secondary N) is 1. The van der Waals surface area contributed by atoms with Crippen molar-refractivity contribution in [2.75, 3.05) is 6.54 Å². The number of nitrogens with zero attached hydrogens (tertiary/aromatic N) is 2. The van der Waals surface area contributed by atoms with Crippen LogP contribution in [0.25, 0.3) is 0 Å². The zero-order valence-corrected chi connectivity index (χ0v) is 22.7. The van der Waals surface area contributed by atoms with Gasteiger partial charge in [-0.25, -0.2) is 12.7 Å². The molecule has 0 fully saturated rings. The van der Waals surface area contributed by atoms with Crippen molar-refractivity contribution in [3.05, 3.63) is 63.6 Å². The van der Waals surface area contributed by atoms with Gasteiger partial charge in [0.1, 0.15) is 10.9 Å². The smallest absolute Gasteiger partial charge is 0.269 e. The minimum Gasteiger partial charge on any atom is -0.352 e. The third-order valence-electron chi connectivity index (χ3n) is 5.82. The molecule has 194 valence electrons. The summed E-state index contributed by atoms with van der Waals surface area (Å²) in [7, 11) is -3.95. The van der Waals surface area contributed by atoms with E-state index < -0.39 is 22.0 Å². The third-order valence-corrected chi connectivity index (χ3v) is 8.40. The van der Waals surface area contributed by atoms with Gasteiger partial charge in [0.15, 0.2) is 0 Å². The van der Waals surface area contributed by atoms with Gasteiger partial charge in [-0.15, -0.1) is 0 Å². The van der Waals surface area contributed by atoms with Gasteiger partial charge >= 0.3 is 0 Å². The van der Waals surface area contributed by atoms with E-state index in [0.717, 1.165) is 4.31 Å². The molecule has 3 amide bonds. The number of fused-ring (bicyclic) bond motifs is 1. The van der Waals surface area contributed by atoms with Gasteiger partial charge in [0, 0.05) is 25.6 Å². The molecule has 36 heavy (non-hydrogen) atoms. The second kappa shape index (κ2) is 11.6. The Kier molecular flexibility index (Phi) is 9.03. The van der Waals surface area contributed by atoms with Crippen molar-refractivity contribution >= 4 is 50.9 Å². The number of carbonyl (C=O) groups is 3. The molecule has 3 rings (SSSR count). The Morgan fingerprint density at radius 2 is 1.78 bits per heavy atom. The molecule has 11 heteroatoms. The van der Waals surface area contributed by atoms with Crippen LogP contribution in [0.1, 0.15) is 56.0 Å². The molecule has 2 aromatic rings. The van der Waals surface area contributed by atoms with Crippen LogP contribution < -0.4 is 5.32 Å². The Bertz CT molecular complexity index is 1270. The second-order valence-corrected chi connectivity index (χ2v) is 11.5. The van der Waals surface area contributed by atoms with Gasteiger partial charge in [0.05, 0.1) is 15.6 Å². The van der Waals surface area contributed by atoms with Crippen LogP contribution in [0.5, 0.6) is 0 Å². The van der Waals surface area contributed by atoms with Crippen LogP contribution in [0.4, 0.5) is 0 Å². The molecule has 0 aromatic heterocycles. The van der Waals surface area contributed by atoms with E-state index in [1.165, 1.54) is 17.0 Å². The van der Waals surface area contributed by atoms with E-state index >= 15 is 0 Å². The Morgan fingerprint density at radius 1 is 1.08 bits per heavy atom. The number of rotatable bonds is 10. The maximum Gasteiger partial charge on any atom is 0.269 e. The number of hydrogen-bond acceptors (Lipinski definition) is 5. The van der Waals surface area contributed by atoms with Gasteiger partial charge in [0.2, 0.25) is 11.8 Å². The van der Waals surface area contributed by atoms with E-state index in [2.05, 4.69) is 5.32 Å². The van der Waals surface area contributed by atoms with Crippen molar-refractivity contribution in [2.45, 2.75) is 63.6 Å². The van der Waals surface area contributed by atoms with Crippen LogP contribution in [0.3, 0.4) is 0 Å². The van der Waals surface area contributed by atoms with E-state index in [1.54, 1.807) is 30.3 Å². The highest BCUT2D eigenvalue weighted by Gasteiger charge is 2.40. The molecular formula is C25H29Cl2N3O5S. The zero-order chi connectivity index (χ0) is 26.6. The molecule has 0 radical (unpaired) electrons. The summed E-state index contributed by atoms with van der Waals surface area (Å²) in [5.41, 5.74) is 0.822. The molecule has 0 unspecified atom stereocenters. The van der Waals surface area contributed by atoms with E-state index in [1.807, 2.05) is 20.8 Å². The molecule has 0 saturated carbocycles. The Balaban J connectivity index is 1.77. The molecule has 1 N–H and O–H groups in total. The zero-order valence-electron chi connectivity index (χ0n) is 20.3. The van der Waals surface area contributed by atoms with Crippen LogP contribution in [0.15, 0.2) is 47.4 Å². The first-order valence-electron chi connectivity index (χ1n) is 11.7. The summed E-state index contributed by atoms with van der Waals surface area (Å²) in [5.74, 6) is -1.23. The first-order chi connectivity index (χ1) is 17.0. The lowest BCUT2D eigenvalue weighted by Gasteiger charge is -2.31.